The molecule has 1 fully saturated rings. The number of halogens is 1. The molecule has 0 bridgehead atoms. The average Bonchev–Trinajstić information content (AvgIpc) is 3.00. The third-order valence-corrected chi connectivity index (χ3v) is 5.28. The summed E-state index contributed by atoms with van der Waals surface area (Å²) in [5.74, 6) is 0.846. The molecular formula is C17H34IN3O2S. The van der Waals surface area contributed by atoms with E-state index in [9.17, 15) is 4.79 Å². The van der Waals surface area contributed by atoms with Crippen LogP contribution in [-0.4, -0.2) is 49.7 Å². The number of nitrogens with zero attached hydrogens (tertiary/aromatic N) is 1. The first-order valence-corrected chi connectivity index (χ1v) is 10.1. The van der Waals surface area contributed by atoms with Crippen molar-refractivity contribution in [2.75, 3.05) is 26.5 Å². The minimum Gasteiger partial charge on any atom is -0.466 e. The maximum absolute atomic E-state index is 11.2. The molecule has 1 aliphatic carbocycles. The van der Waals surface area contributed by atoms with Crippen LogP contribution in [0.25, 0.3) is 0 Å². The Morgan fingerprint density at radius 3 is 2.62 bits per heavy atom. The van der Waals surface area contributed by atoms with Gasteiger partial charge in [-0.1, -0.05) is 12.8 Å². The maximum Gasteiger partial charge on any atom is 0.305 e. The van der Waals surface area contributed by atoms with E-state index < -0.39 is 0 Å². The Balaban J connectivity index is 0.00000529. The van der Waals surface area contributed by atoms with Crippen molar-refractivity contribution < 1.29 is 9.53 Å². The van der Waals surface area contributed by atoms with Crippen LogP contribution >= 0.6 is 35.7 Å². The Labute approximate surface area is 168 Å². The van der Waals surface area contributed by atoms with Gasteiger partial charge in [0.05, 0.1) is 6.61 Å². The highest BCUT2D eigenvalue weighted by molar-refractivity contribution is 14.0. The van der Waals surface area contributed by atoms with Gasteiger partial charge < -0.3 is 15.4 Å². The maximum atomic E-state index is 11.2. The van der Waals surface area contributed by atoms with Gasteiger partial charge in [-0.3, -0.25) is 9.79 Å². The first-order chi connectivity index (χ1) is 11.2. The molecule has 7 heteroatoms. The second-order valence-electron chi connectivity index (χ2n) is 5.98. The molecule has 0 heterocycles. The molecular weight excluding hydrogens is 437 g/mol. The summed E-state index contributed by atoms with van der Waals surface area (Å²) in [7, 11) is 1.83. The van der Waals surface area contributed by atoms with Crippen molar-refractivity contribution in [1.82, 2.24) is 10.6 Å². The van der Waals surface area contributed by atoms with E-state index in [0.717, 1.165) is 43.4 Å². The number of hydrogen-bond acceptors (Lipinski definition) is 4. The molecule has 142 valence electrons. The molecule has 2 atom stereocenters. The van der Waals surface area contributed by atoms with Crippen LogP contribution in [0.15, 0.2) is 4.99 Å². The highest BCUT2D eigenvalue weighted by Gasteiger charge is 2.24. The largest absolute Gasteiger partial charge is 0.466 e. The minimum atomic E-state index is -0.0738. The summed E-state index contributed by atoms with van der Waals surface area (Å²) in [4.78, 5) is 15.5. The lowest BCUT2D eigenvalue weighted by atomic mass is 10.1. The standard InChI is InChI=1S/C17H33N3O2S.HI/c1-4-22-16(21)9-7-5-6-8-12-19-17(18-2)20-14-10-11-15(13-14)23-3;/h14-15H,4-13H2,1-3H3,(H2,18,19,20);1H. The zero-order chi connectivity index (χ0) is 16.9. The lowest BCUT2D eigenvalue weighted by molar-refractivity contribution is -0.143. The quantitative estimate of drug-likeness (QED) is 0.168. The van der Waals surface area contributed by atoms with E-state index in [1.807, 2.05) is 25.7 Å². The molecule has 0 amide bonds. The van der Waals surface area contributed by atoms with Crippen LogP contribution in [0.5, 0.6) is 0 Å². The van der Waals surface area contributed by atoms with Crippen molar-refractivity contribution in [1.29, 1.82) is 0 Å². The zero-order valence-electron chi connectivity index (χ0n) is 15.3. The molecule has 1 rings (SSSR count). The predicted molar refractivity (Wildman–Crippen MR) is 115 cm³/mol. The van der Waals surface area contributed by atoms with E-state index in [0.29, 0.717) is 19.1 Å². The number of nitrogens with one attached hydrogen (secondary N) is 2. The third-order valence-electron chi connectivity index (χ3n) is 4.19. The Kier molecular flexibility index (Phi) is 15.0. The lowest BCUT2D eigenvalue weighted by Gasteiger charge is -2.17. The van der Waals surface area contributed by atoms with E-state index in [1.165, 1.54) is 19.3 Å². The number of carbonyl (C=O) groups excluding carboxylic acids is 1. The van der Waals surface area contributed by atoms with E-state index in [2.05, 4.69) is 21.9 Å². The summed E-state index contributed by atoms with van der Waals surface area (Å²) in [5, 5.41) is 7.71. The highest BCUT2D eigenvalue weighted by Crippen LogP contribution is 2.27. The van der Waals surface area contributed by atoms with Crippen LogP contribution < -0.4 is 10.6 Å². The summed E-state index contributed by atoms with van der Waals surface area (Å²) in [6, 6.07) is 0.559. The minimum absolute atomic E-state index is 0. The van der Waals surface area contributed by atoms with Gasteiger partial charge in [-0.05, 0) is 45.3 Å². The van der Waals surface area contributed by atoms with Crippen molar-refractivity contribution in [2.24, 2.45) is 4.99 Å². The van der Waals surface area contributed by atoms with Gasteiger partial charge in [0.1, 0.15) is 0 Å². The van der Waals surface area contributed by atoms with Gasteiger partial charge in [-0.15, -0.1) is 24.0 Å². The fourth-order valence-corrected chi connectivity index (χ4v) is 3.66. The monoisotopic (exact) mass is 471 g/mol. The van der Waals surface area contributed by atoms with Gasteiger partial charge in [0.15, 0.2) is 5.96 Å². The van der Waals surface area contributed by atoms with Crippen molar-refractivity contribution in [3.63, 3.8) is 0 Å². The number of unbranched alkanes of at least 4 members (excludes halogenated alkanes) is 3. The van der Waals surface area contributed by atoms with E-state index in [4.69, 9.17) is 4.74 Å². The topological polar surface area (TPSA) is 62.7 Å². The number of thioether (sulfide) groups is 1. The number of rotatable bonds is 10. The van der Waals surface area contributed by atoms with Crippen LogP contribution in [0.3, 0.4) is 0 Å². The van der Waals surface area contributed by atoms with Crippen LogP contribution in [0.4, 0.5) is 0 Å². The zero-order valence-corrected chi connectivity index (χ0v) is 18.5. The van der Waals surface area contributed by atoms with Crippen LogP contribution in [0.1, 0.15) is 58.3 Å². The fourth-order valence-electron chi connectivity index (χ4n) is 2.86. The first-order valence-electron chi connectivity index (χ1n) is 8.85. The average molecular weight is 471 g/mol. The van der Waals surface area contributed by atoms with Gasteiger partial charge in [0.25, 0.3) is 0 Å². The second-order valence-corrected chi connectivity index (χ2v) is 7.12. The fraction of sp³-hybridized carbons (Fsp3) is 0.882. The van der Waals surface area contributed by atoms with Gasteiger partial charge >= 0.3 is 5.97 Å². The number of guanidine groups is 1. The van der Waals surface area contributed by atoms with E-state index in [1.54, 1.807) is 0 Å². The Bertz CT molecular complexity index is 370. The summed E-state index contributed by atoms with van der Waals surface area (Å²) < 4.78 is 4.92. The Morgan fingerprint density at radius 2 is 2.00 bits per heavy atom. The molecule has 0 aliphatic heterocycles. The van der Waals surface area contributed by atoms with E-state index >= 15 is 0 Å². The molecule has 0 radical (unpaired) electrons. The molecule has 2 unspecified atom stereocenters. The van der Waals surface area contributed by atoms with Gasteiger partial charge in [-0.2, -0.15) is 11.8 Å². The normalized spacial score (nSPS) is 20.4. The molecule has 24 heavy (non-hydrogen) atoms. The smallest absolute Gasteiger partial charge is 0.305 e. The van der Waals surface area contributed by atoms with Crippen molar-refractivity contribution in [3.05, 3.63) is 0 Å². The number of hydrogen-bond donors (Lipinski definition) is 2. The highest BCUT2D eigenvalue weighted by atomic mass is 127. The summed E-state index contributed by atoms with van der Waals surface area (Å²) in [5.41, 5.74) is 0. The summed E-state index contributed by atoms with van der Waals surface area (Å²) in [6.07, 6.45) is 10.7. The number of carbonyl (C=O) groups is 1. The van der Waals surface area contributed by atoms with Crippen LogP contribution in [0, 0.1) is 0 Å². The van der Waals surface area contributed by atoms with Crippen LogP contribution in [-0.2, 0) is 9.53 Å². The van der Waals surface area contributed by atoms with Crippen molar-refractivity contribution in [3.8, 4) is 0 Å². The molecule has 5 nitrogen and oxygen atoms in total. The molecule has 1 aliphatic rings. The molecule has 0 aromatic heterocycles. The number of ether oxygens (including phenoxy) is 1. The summed E-state index contributed by atoms with van der Waals surface area (Å²) >= 11 is 1.97. The van der Waals surface area contributed by atoms with Gasteiger partial charge in [-0.25, -0.2) is 0 Å². The van der Waals surface area contributed by atoms with Gasteiger partial charge in [0.2, 0.25) is 0 Å². The van der Waals surface area contributed by atoms with Crippen molar-refractivity contribution >= 4 is 47.7 Å². The molecule has 0 saturated heterocycles. The molecule has 0 spiro atoms. The molecule has 0 aromatic rings. The molecule has 0 aromatic carbocycles. The SMILES string of the molecule is CCOC(=O)CCCCCCNC(=NC)NC1CCC(SC)C1.I. The van der Waals surface area contributed by atoms with Crippen LogP contribution in [0.2, 0.25) is 0 Å². The van der Waals surface area contributed by atoms with E-state index in [-0.39, 0.29) is 29.9 Å². The second kappa shape index (κ2) is 15.1. The first kappa shape index (κ1) is 23.8. The van der Waals surface area contributed by atoms with Crippen molar-refractivity contribution in [2.45, 2.75) is 69.6 Å². The summed E-state index contributed by atoms with van der Waals surface area (Å²) in [6.45, 7) is 3.25. The Hall–Kier alpha value is -0.180. The predicted octanol–water partition coefficient (Wildman–Crippen LogP) is 3.57. The molecule has 1 saturated carbocycles. The number of esters is 1. The third kappa shape index (κ3) is 10.6. The lowest BCUT2D eigenvalue weighted by Crippen LogP contribution is -2.42. The Morgan fingerprint density at radius 1 is 1.25 bits per heavy atom. The van der Waals surface area contributed by atoms with Gasteiger partial charge in [0, 0.05) is 31.3 Å². The molecule has 2 N–H and O–H groups in total. The number of aliphatic imine (C=N–C) groups is 1.